The van der Waals surface area contributed by atoms with Crippen LogP contribution in [-0.4, -0.2) is 23.8 Å². The lowest BCUT2D eigenvalue weighted by Gasteiger charge is -2.28. The fourth-order valence-corrected chi connectivity index (χ4v) is 5.23. The number of allylic oxidation sites excluding steroid dienone is 1. The number of carbonyl (C=O) groups is 1. The van der Waals surface area contributed by atoms with Gasteiger partial charge < -0.3 is 15.2 Å². The van der Waals surface area contributed by atoms with Crippen LogP contribution < -0.4 is 5.73 Å². The number of esters is 1. The normalized spacial score (nSPS) is 17.0. The molecule has 1 aliphatic carbocycles. The van der Waals surface area contributed by atoms with E-state index in [0.29, 0.717) is 16.3 Å². The van der Waals surface area contributed by atoms with Gasteiger partial charge in [0, 0.05) is 5.69 Å². The van der Waals surface area contributed by atoms with Gasteiger partial charge in [0.1, 0.15) is 28.5 Å². The number of carbonyl (C=O) groups excluding carboxylic acids is 1. The molecule has 0 radical (unpaired) electrons. The molecule has 0 saturated heterocycles. The Hall–Kier alpha value is -3.75. The molecule has 0 amide bonds. The topological polar surface area (TPSA) is 122 Å². The quantitative estimate of drug-likeness (QED) is 0.494. The van der Waals surface area contributed by atoms with Crippen molar-refractivity contribution in [3.63, 3.8) is 0 Å². The van der Waals surface area contributed by atoms with E-state index in [9.17, 15) is 15.3 Å². The van der Waals surface area contributed by atoms with Gasteiger partial charge in [-0.1, -0.05) is 43.0 Å². The molecular formula is C26H24N4O3S. The number of thioether (sulfide) groups is 1. The van der Waals surface area contributed by atoms with E-state index in [2.05, 4.69) is 19.1 Å². The number of methoxy groups -OCH3 is 1. The first kappa shape index (κ1) is 23.4. The molecular weight excluding hydrogens is 448 g/mol. The third-order valence-corrected chi connectivity index (χ3v) is 7.09. The molecule has 2 aliphatic rings. The summed E-state index contributed by atoms with van der Waals surface area (Å²) >= 11 is 1.30. The lowest BCUT2D eigenvalue weighted by Crippen LogP contribution is -2.26. The first-order valence-corrected chi connectivity index (χ1v) is 12.0. The minimum absolute atomic E-state index is 0.0438. The maximum atomic E-state index is 12.9. The van der Waals surface area contributed by atoms with Crippen LogP contribution in [0.15, 0.2) is 58.1 Å². The summed E-state index contributed by atoms with van der Waals surface area (Å²) in [7, 11) is 1.29. The number of nitriles is 2. The summed E-state index contributed by atoms with van der Waals surface area (Å²) in [6, 6.07) is 13.9. The highest BCUT2D eigenvalue weighted by Crippen LogP contribution is 2.41. The summed E-state index contributed by atoms with van der Waals surface area (Å²) in [5.41, 5.74) is 11.0. The molecule has 0 saturated carbocycles. The number of rotatable bonds is 6. The molecule has 0 bridgehead atoms. The molecule has 0 unspecified atom stereocenters. The lowest BCUT2D eigenvalue weighted by atomic mass is 9.83. The van der Waals surface area contributed by atoms with Crippen molar-refractivity contribution in [3.05, 3.63) is 81.1 Å². The molecule has 34 heavy (non-hydrogen) atoms. The van der Waals surface area contributed by atoms with Crippen molar-refractivity contribution in [2.75, 3.05) is 12.9 Å². The lowest BCUT2D eigenvalue weighted by molar-refractivity contribution is -0.136. The average molecular weight is 473 g/mol. The monoisotopic (exact) mass is 472 g/mol. The molecule has 1 aromatic heterocycles. The Morgan fingerprint density at radius 1 is 1.26 bits per heavy atom. The maximum Gasteiger partial charge on any atom is 0.338 e. The van der Waals surface area contributed by atoms with Gasteiger partial charge >= 0.3 is 5.97 Å². The molecule has 8 heteroatoms. The number of hydrogen-bond acceptors (Lipinski definition) is 8. The molecule has 1 aliphatic heterocycles. The van der Waals surface area contributed by atoms with Crippen LogP contribution in [0, 0.1) is 22.7 Å². The summed E-state index contributed by atoms with van der Waals surface area (Å²) < 4.78 is 10.9. The molecule has 0 spiro atoms. The molecule has 1 atom stereocenters. The second-order valence-electron chi connectivity index (χ2n) is 8.05. The first-order chi connectivity index (χ1) is 16.5. The highest BCUT2D eigenvalue weighted by atomic mass is 32.2. The molecule has 7 nitrogen and oxygen atoms in total. The molecule has 0 fully saturated rings. The van der Waals surface area contributed by atoms with Crippen molar-refractivity contribution >= 4 is 17.7 Å². The third-order valence-electron chi connectivity index (χ3n) is 6.10. The number of aromatic nitrogens is 1. The van der Waals surface area contributed by atoms with Crippen LogP contribution in [0.5, 0.6) is 0 Å². The van der Waals surface area contributed by atoms with Gasteiger partial charge in [-0.3, -0.25) is 0 Å². The maximum absolute atomic E-state index is 12.9. The Labute approximate surface area is 202 Å². The highest BCUT2D eigenvalue weighted by molar-refractivity contribution is 7.99. The van der Waals surface area contributed by atoms with Gasteiger partial charge in [-0.15, -0.1) is 0 Å². The van der Waals surface area contributed by atoms with E-state index in [-0.39, 0.29) is 22.8 Å². The van der Waals surface area contributed by atoms with Gasteiger partial charge in [-0.05, 0) is 48.4 Å². The molecule has 2 heterocycles. The van der Waals surface area contributed by atoms with E-state index in [4.69, 9.17) is 20.2 Å². The molecule has 2 aromatic rings. The van der Waals surface area contributed by atoms with Gasteiger partial charge in [0.05, 0.1) is 29.9 Å². The Balaban J connectivity index is 1.75. The Morgan fingerprint density at radius 2 is 2.03 bits per heavy atom. The predicted octanol–water partition coefficient (Wildman–Crippen LogP) is 4.03. The van der Waals surface area contributed by atoms with Crippen molar-refractivity contribution in [2.45, 2.75) is 43.6 Å². The van der Waals surface area contributed by atoms with Gasteiger partial charge in [-0.25, -0.2) is 9.78 Å². The predicted molar refractivity (Wildman–Crippen MR) is 127 cm³/mol. The number of nitrogens with zero attached hydrogens (tertiary/aromatic N) is 3. The van der Waals surface area contributed by atoms with Crippen LogP contribution in [0.2, 0.25) is 0 Å². The van der Waals surface area contributed by atoms with E-state index < -0.39 is 11.9 Å². The van der Waals surface area contributed by atoms with Crippen molar-refractivity contribution in [1.29, 1.82) is 10.5 Å². The van der Waals surface area contributed by atoms with Crippen LogP contribution >= 0.6 is 11.8 Å². The number of pyridine rings is 1. The smallest absolute Gasteiger partial charge is 0.338 e. The van der Waals surface area contributed by atoms with E-state index >= 15 is 0 Å². The third kappa shape index (κ3) is 4.37. The van der Waals surface area contributed by atoms with Crippen LogP contribution in [-0.2, 0) is 33.5 Å². The second kappa shape index (κ2) is 10.0. The number of aryl methyl sites for hydroxylation is 3. The fourth-order valence-electron chi connectivity index (χ4n) is 4.32. The summed E-state index contributed by atoms with van der Waals surface area (Å²) in [6.07, 6.45) is 3.71. The summed E-state index contributed by atoms with van der Waals surface area (Å²) in [6.45, 7) is 2.06. The number of nitrogens with two attached hydrogens (primary N) is 1. The van der Waals surface area contributed by atoms with Crippen LogP contribution in [0.3, 0.4) is 0 Å². The number of hydrogen-bond donors (Lipinski definition) is 1. The molecule has 2 N–H and O–H groups in total. The summed E-state index contributed by atoms with van der Waals surface area (Å²) in [5, 5.41) is 20.0. The fraction of sp³-hybridized carbons (Fsp3) is 0.308. The zero-order chi connectivity index (χ0) is 24.2. The van der Waals surface area contributed by atoms with Crippen LogP contribution in [0.1, 0.15) is 47.2 Å². The second-order valence-corrected chi connectivity index (χ2v) is 9.01. The summed E-state index contributed by atoms with van der Waals surface area (Å²) in [5.74, 6) is -0.853. The highest BCUT2D eigenvalue weighted by Gasteiger charge is 2.37. The Morgan fingerprint density at radius 3 is 2.68 bits per heavy atom. The van der Waals surface area contributed by atoms with Crippen molar-refractivity contribution in [3.8, 4) is 12.1 Å². The van der Waals surface area contributed by atoms with E-state index in [1.165, 1.54) is 18.9 Å². The van der Waals surface area contributed by atoms with E-state index in [1.807, 2.05) is 30.3 Å². The first-order valence-electron chi connectivity index (χ1n) is 11.0. The minimum Gasteiger partial charge on any atom is -0.466 e. The zero-order valence-electron chi connectivity index (χ0n) is 19.1. The van der Waals surface area contributed by atoms with Crippen molar-refractivity contribution in [2.24, 2.45) is 5.73 Å². The molecule has 172 valence electrons. The van der Waals surface area contributed by atoms with Gasteiger partial charge in [0.2, 0.25) is 5.88 Å². The van der Waals surface area contributed by atoms with Gasteiger partial charge in [0.25, 0.3) is 0 Å². The SMILES string of the molecule is CCc1ccc([C@@H]2C(C#N)=C(N)OC(CSc3nc4c(cc3C#N)CCC4)=C2C(=O)OC)cc1. The largest absolute Gasteiger partial charge is 0.466 e. The molecule has 4 rings (SSSR count). The number of benzene rings is 1. The average Bonchev–Trinajstić information content (AvgIpc) is 3.33. The Kier molecular flexibility index (Phi) is 6.90. The van der Waals surface area contributed by atoms with Crippen molar-refractivity contribution < 1.29 is 14.3 Å². The Bertz CT molecular complexity index is 1280. The molecule has 1 aromatic carbocycles. The van der Waals surface area contributed by atoms with E-state index in [1.54, 1.807) is 0 Å². The van der Waals surface area contributed by atoms with Gasteiger partial charge in [-0.2, -0.15) is 10.5 Å². The number of fused-ring (bicyclic) bond motifs is 1. The standard InChI is InChI=1S/C26H24N4O3S/c1-3-15-7-9-16(10-8-15)22-19(13-28)24(29)33-21(23(22)26(31)32-2)14-34-25-18(12-27)11-17-5-4-6-20(17)30-25/h7-11,22H,3-6,14,29H2,1-2H3/t22-/m1/s1. The zero-order valence-corrected chi connectivity index (χ0v) is 19.9. The van der Waals surface area contributed by atoms with E-state index in [0.717, 1.165) is 48.1 Å². The van der Waals surface area contributed by atoms with Crippen molar-refractivity contribution in [1.82, 2.24) is 4.98 Å². The van der Waals surface area contributed by atoms with Gasteiger partial charge in [0.15, 0.2) is 0 Å². The van der Waals surface area contributed by atoms with Crippen LogP contribution in [0.25, 0.3) is 0 Å². The van der Waals surface area contributed by atoms with Crippen LogP contribution in [0.4, 0.5) is 0 Å². The summed E-state index contributed by atoms with van der Waals surface area (Å²) in [4.78, 5) is 17.6. The number of ether oxygens (including phenoxy) is 2. The minimum atomic E-state index is -0.712.